The number of carboxylic acid groups (broad SMARTS) is 1. The molecule has 9 nitrogen and oxygen atoms in total. The molecule has 0 aliphatic carbocycles. The molecule has 2 aromatic rings. The Hall–Kier alpha value is -2.36. The van der Waals surface area contributed by atoms with Crippen LogP contribution in [0.1, 0.15) is 0 Å². The summed E-state index contributed by atoms with van der Waals surface area (Å²) in [7, 11) is -3.85. The van der Waals surface area contributed by atoms with E-state index in [1.54, 1.807) is 0 Å². The minimum Gasteiger partial charge on any atom is -0.480 e. The fourth-order valence-electron chi connectivity index (χ4n) is 1.17. The molecule has 0 aliphatic rings. The van der Waals surface area contributed by atoms with Crippen LogP contribution in [0.5, 0.6) is 0 Å². The monoisotopic (exact) mass is 272 g/mol. The summed E-state index contributed by atoms with van der Waals surface area (Å²) in [4.78, 5) is 10.3. The van der Waals surface area contributed by atoms with Crippen LogP contribution in [-0.2, 0) is 21.4 Å². The summed E-state index contributed by atoms with van der Waals surface area (Å²) < 4.78 is 31.2. The lowest BCUT2D eigenvalue weighted by Gasteiger charge is -2.00. The smallest absolute Gasteiger partial charge is 0.325 e. The van der Waals surface area contributed by atoms with E-state index in [1.165, 1.54) is 12.3 Å². The third-order valence-electron chi connectivity index (χ3n) is 1.89. The third kappa shape index (κ3) is 2.66. The van der Waals surface area contributed by atoms with E-state index in [0.717, 1.165) is 17.1 Å². The number of sulfonamides is 1. The van der Waals surface area contributed by atoms with Gasteiger partial charge >= 0.3 is 5.97 Å². The number of anilines is 1. The van der Waals surface area contributed by atoms with Crippen LogP contribution in [0.4, 0.5) is 5.82 Å². The number of aromatic nitrogens is 3. The highest BCUT2D eigenvalue weighted by molar-refractivity contribution is 7.92. The van der Waals surface area contributed by atoms with Gasteiger partial charge in [0.2, 0.25) is 0 Å². The Morgan fingerprint density at radius 1 is 1.56 bits per heavy atom. The largest absolute Gasteiger partial charge is 0.480 e. The van der Waals surface area contributed by atoms with Crippen molar-refractivity contribution in [3.05, 3.63) is 24.7 Å². The fourth-order valence-corrected chi connectivity index (χ4v) is 2.12. The Labute approximate surface area is 101 Å². The molecule has 0 aliphatic heterocycles. The van der Waals surface area contributed by atoms with E-state index in [0.29, 0.717) is 0 Å². The van der Waals surface area contributed by atoms with E-state index in [4.69, 9.17) is 5.11 Å². The number of nitrogens with one attached hydrogen (secondary N) is 1. The Morgan fingerprint density at radius 2 is 2.33 bits per heavy atom. The number of aliphatic carboxylic acids is 1. The molecule has 0 saturated carbocycles. The molecule has 2 N–H and O–H groups in total. The van der Waals surface area contributed by atoms with Crippen LogP contribution in [0.2, 0.25) is 0 Å². The van der Waals surface area contributed by atoms with Gasteiger partial charge in [-0.1, -0.05) is 5.16 Å². The average Bonchev–Trinajstić information content (AvgIpc) is 2.87. The normalized spacial score (nSPS) is 11.3. The van der Waals surface area contributed by atoms with E-state index < -0.39 is 22.5 Å². The number of rotatable bonds is 5. The number of hydrogen-bond donors (Lipinski definition) is 2. The lowest BCUT2D eigenvalue weighted by Crippen LogP contribution is -2.13. The van der Waals surface area contributed by atoms with Gasteiger partial charge in [0.1, 0.15) is 17.7 Å². The molecule has 0 amide bonds. The van der Waals surface area contributed by atoms with Gasteiger partial charge in [-0.3, -0.25) is 14.2 Å². The number of carbonyl (C=O) groups is 1. The molecule has 2 rings (SSSR count). The standard InChI is InChI=1S/C8H8N4O5S/c13-8(14)5-12-4-6(3-9-12)18(15,16)11-7-1-2-17-10-7/h1-4H,5H2,(H,10,11)(H,13,14). The molecule has 0 spiro atoms. The van der Waals surface area contributed by atoms with Crippen LogP contribution in [-0.4, -0.2) is 34.4 Å². The van der Waals surface area contributed by atoms with Gasteiger partial charge < -0.3 is 9.63 Å². The van der Waals surface area contributed by atoms with Gasteiger partial charge in [-0.05, 0) is 0 Å². The predicted molar refractivity (Wildman–Crippen MR) is 57.2 cm³/mol. The molecular formula is C8H8N4O5S. The zero-order valence-corrected chi connectivity index (χ0v) is 9.66. The molecule has 18 heavy (non-hydrogen) atoms. The van der Waals surface area contributed by atoms with E-state index in [9.17, 15) is 13.2 Å². The van der Waals surface area contributed by atoms with E-state index in [1.807, 2.05) is 0 Å². The van der Waals surface area contributed by atoms with Gasteiger partial charge in [0, 0.05) is 12.3 Å². The van der Waals surface area contributed by atoms with Crippen LogP contribution < -0.4 is 4.72 Å². The first-order chi connectivity index (χ1) is 8.47. The Kier molecular flexibility index (Phi) is 3.02. The van der Waals surface area contributed by atoms with Crippen LogP contribution in [0.15, 0.2) is 34.1 Å². The first-order valence-electron chi connectivity index (χ1n) is 4.65. The zero-order valence-electron chi connectivity index (χ0n) is 8.85. The molecule has 0 saturated heterocycles. The van der Waals surface area contributed by atoms with Crippen molar-refractivity contribution in [1.82, 2.24) is 14.9 Å². The van der Waals surface area contributed by atoms with E-state index in [-0.39, 0.29) is 10.7 Å². The molecule has 2 aromatic heterocycles. The fraction of sp³-hybridized carbons (Fsp3) is 0.125. The minimum atomic E-state index is -3.85. The SMILES string of the molecule is O=C(O)Cn1cc(S(=O)(=O)Nc2ccon2)cn1. The van der Waals surface area contributed by atoms with Gasteiger partial charge in [0.25, 0.3) is 10.0 Å². The van der Waals surface area contributed by atoms with E-state index >= 15 is 0 Å². The summed E-state index contributed by atoms with van der Waals surface area (Å²) >= 11 is 0. The summed E-state index contributed by atoms with van der Waals surface area (Å²) in [6, 6.07) is 1.33. The summed E-state index contributed by atoms with van der Waals surface area (Å²) in [5.74, 6) is -1.09. The molecule has 0 atom stereocenters. The van der Waals surface area contributed by atoms with Gasteiger partial charge in [-0.25, -0.2) is 8.42 Å². The molecule has 0 bridgehead atoms. The predicted octanol–water partition coefficient (Wildman–Crippen LogP) is -0.244. The molecule has 0 unspecified atom stereocenters. The number of carboxylic acids is 1. The molecule has 2 heterocycles. The first-order valence-corrected chi connectivity index (χ1v) is 6.13. The third-order valence-corrected chi connectivity index (χ3v) is 3.20. The van der Waals surface area contributed by atoms with Crippen molar-refractivity contribution >= 4 is 21.8 Å². The highest BCUT2D eigenvalue weighted by Crippen LogP contribution is 2.13. The highest BCUT2D eigenvalue weighted by atomic mass is 32.2. The summed E-state index contributed by atoms with van der Waals surface area (Å²) in [6.45, 7) is -0.417. The second kappa shape index (κ2) is 4.49. The summed E-state index contributed by atoms with van der Waals surface area (Å²) in [5, 5.41) is 15.6. The van der Waals surface area contributed by atoms with Crippen molar-refractivity contribution < 1.29 is 22.8 Å². The van der Waals surface area contributed by atoms with E-state index in [2.05, 4.69) is 19.5 Å². The quantitative estimate of drug-likeness (QED) is 0.768. The molecule has 96 valence electrons. The van der Waals surface area contributed by atoms with Crippen molar-refractivity contribution in [1.29, 1.82) is 0 Å². The van der Waals surface area contributed by atoms with Gasteiger partial charge in [0.05, 0.1) is 6.20 Å². The maximum absolute atomic E-state index is 11.8. The first kappa shape index (κ1) is 12.1. The van der Waals surface area contributed by atoms with Crippen LogP contribution in [0.3, 0.4) is 0 Å². The molecular weight excluding hydrogens is 264 g/mol. The second-order valence-electron chi connectivity index (χ2n) is 3.26. The number of nitrogens with zero attached hydrogens (tertiary/aromatic N) is 3. The van der Waals surface area contributed by atoms with Crippen LogP contribution >= 0.6 is 0 Å². The van der Waals surface area contributed by atoms with Crippen LogP contribution in [0.25, 0.3) is 0 Å². The van der Waals surface area contributed by atoms with Gasteiger partial charge in [-0.2, -0.15) is 5.10 Å². The molecule has 10 heteroatoms. The maximum atomic E-state index is 11.8. The van der Waals surface area contributed by atoms with Crippen molar-refractivity contribution in [3.63, 3.8) is 0 Å². The molecule has 0 radical (unpaired) electrons. The van der Waals surface area contributed by atoms with Gasteiger partial charge in [-0.15, -0.1) is 0 Å². The molecule has 0 fully saturated rings. The van der Waals surface area contributed by atoms with Crippen molar-refractivity contribution in [2.24, 2.45) is 0 Å². The summed E-state index contributed by atoms with van der Waals surface area (Å²) in [6.07, 6.45) is 3.37. The second-order valence-corrected chi connectivity index (χ2v) is 4.94. The Balaban J connectivity index is 2.19. The maximum Gasteiger partial charge on any atom is 0.325 e. The minimum absolute atomic E-state index is 0.0287. The Morgan fingerprint density at radius 3 is 2.94 bits per heavy atom. The molecule has 0 aromatic carbocycles. The summed E-state index contributed by atoms with van der Waals surface area (Å²) in [5.41, 5.74) is 0. The van der Waals surface area contributed by atoms with Crippen molar-refractivity contribution in [2.75, 3.05) is 4.72 Å². The van der Waals surface area contributed by atoms with Crippen molar-refractivity contribution in [2.45, 2.75) is 11.4 Å². The number of hydrogen-bond acceptors (Lipinski definition) is 6. The lowest BCUT2D eigenvalue weighted by atomic mass is 10.6. The van der Waals surface area contributed by atoms with Crippen LogP contribution in [0, 0.1) is 0 Å². The highest BCUT2D eigenvalue weighted by Gasteiger charge is 2.18. The van der Waals surface area contributed by atoms with Crippen molar-refractivity contribution in [3.8, 4) is 0 Å². The lowest BCUT2D eigenvalue weighted by molar-refractivity contribution is -0.137. The average molecular weight is 272 g/mol. The zero-order chi connectivity index (χ0) is 13.2. The van der Waals surface area contributed by atoms with Gasteiger partial charge in [0.15, 0.2) is 5.82 Å². The Bertz CT molecular complexity index is 645. The topological polar surface area (TPSA) is 127 Å².